The first kappa shape index (κ1) is 12.6. The number of halogens is 1. The Bertz CT molecular complexity index is 557. The monoisotopic (exact) mass is 246 g/mol. The van der Waals surface area contributed by atoms with Gasteiger partial charge in [0, 0.05) is 12.6 Å². The van der Waals surface area contributed by atoms with E-state index in [-0.39, 0.29) is 5.82 Å². The van der Waals surface area contributed by atoms with Crippen molar-refractivity contribution >= 4 is 0 Å². The van der Waals surface area contributed by atoms with Gasteiger partial charge in [-0.2, -0.15) is 0 Å². The molecule has 18 heavy (non-hydrogen) atoms. The Labute approximate surface area is 105 Å². The molecule has 4 heteroatoms. The highest BCUT2D eigenvalue weighted by Crippen LogP contribution is 2.19. The fraction of sp³-hybridized carbons (Fsp3) is 0.286. The van der Waals surface area contributed by atoms with Gasteiger partial charge in [-0.25, -0.2) is 14.4 Å². The highest BCUT2D eigenvalue weighted by Gasteiger charge is 2.12. The average Bonchev–Trinajstić information content (AvgIpc) is 2.32. The molecule has 1 aromatic heterocycles. The summed E-state index contributed by atoms with van der Waals surface area (Å²) in [5.74, 6) is 0.367. The minimum absolute atomic E-state index is 0.261. The summed E-state index contributed by atoms with van der Waals surface area (Å²) in [6, 6.07) is 6.26. The number of aliphatic hydroxyl groups is 1. The van der Waals surface area contributed by atoms with Gasteiger partial charge in [0.05, 0.1) is 5.69 Å². The predicted molar refractivity (Wildman–Crippen MR) is 66.6 cm³/mol. The molecule has 0 fully saturated rings. The maximum atomic E-state index is 13.0. The first-order chi connectivity index (χ1) is 8.56. The summed E-state index contributed by atoms with van der Waals surface area (Å²) in [5.41, 5.74) is 2.34. The van der Waals surface area contributed by atoms with E-state index in [1.165, 1.54) is 12.1 Å². The Morgan fingerprint density at radius 1 is 1.28 bits per heavy atom. The average molecular weight is 246 g/mol. The Kier molecular flexibility index (Phi) is 3.67. The van der Waals surface area contributed by atoms with Crippen molar-refractivity contribution in [3.63, 3.8) is 0 Å². The van der Waals surface area contributed by atoms with E-state index in [9.17, 15) is 9.50 Å². The molecule has 1 heterocycles. The zero-order valence-corrected chi connectivity index (χ0v) is 10.4. The summed E-state index contributed by atoms with van der Waals surface area (Å²) in [6.45, 7) is 3.61. The number of rotatable bonds is 3. The fourth-order valence-electron chi connectivity index (χ4n) is 1.86. The lowest BCUT2D eigenvalue weighted by Crippen LogP contribution is -2.06. The molecule has 1 unspecified atom stereocenters. The molecular weight excluding hydrogens is 231 g/mol. The Hall–Kier alpha value is -1.81. The Morgan fingerprint density at radius 3 is 2.72 bits per heavy atom. The van der Waals surface area contributed by atoms with Crippen molar-refractivity contribution in [3.05, 3.63) is 58.9 Å². The first-order valence-corrected chi connectivity index (χ1v) is 5.79. The van der Waals surface area contributed by atoms with E-state index < -0.39 is 6.10 Å². The molecule has 0 aliphatic heterocycles. The zero-order chi connectivity index (χ0) is 13.1. The number of aromatic nitrogens is 2. The summed E-state index contributed by atoms with van der Waals surface area (Å²) in [6.07, 6.45) is 1.34. The second kappa shape index (κ2) is 5.23. The SMILES string of the molecule is Cc1nccc(C(O)Cc2ccc(F)cc2C)n1. The smallest absolute Gasteiger partial charge is 0.125 e. The molecule has 0 aliphatic rings. The minimum Gasteiger partial charge on any atom is -0.386 e. The first-order valence-electron chi connectivity index (χ1n) is 5.79. The van der Waals surface area contributed by atoms with Crippen molar-refractivity contribution in [2.24, 2.45) is 0 Å². The van der Waals surface area contributed by atoms with Crippen LogP contribution in [-0.4, -0.2) is 15.1 Å². The number of nitrogens with zero attached hydrogens (tertiary/aromatic N) is 2. The van der Waals surface area contributed by atoms with Crippen LogP contribution < -0.4 is 0 Å². The van der Waals surface area contributed by atoms with E-state index in [0.29, 0.717) is 17.9 Å². The third kappa shape index (κ3) is 2.90. The molecule has 3 nitrogen and oxygen atoms in total. The van der Waals surface area contributed by atoms with Gasteiger partial charge >= 0.3 is 0 Å². The van der Waals surface area contributed by atoms with Gasteiger partial charge in [-0.3, -0.25) is 0 Å². The van der Waals surface area contributed by atoms with Crippen LogP contribution >= 0.6 is 0 Å². The van der Waals surface area contributed by atoms with Crippen LogP contribution in [-0.2, 0) is 6.42 Å². The van der Waals surface area contributed by atoms with Crippen molar-refractivity contribution in [1.82, 2.24) is 9.97 Å². The standard InChI is InChI=1S/C14H15FN2O/c1-9-7-12(15)4-3-11(9)8-14(18)13-5-6-16-10(2)17-13/h3-7,14,18H,8H2,1-2H3. The third-order valence-electron chi connectivity index (χ3n) is 2.86. The number of aliphatic hydroxyl groups excluding tert-OH is 1. The number of aryl methyl sites for hydroxylation is 2. The van der Waals surface area contributed by atoms with Crippen LogP contribution in [0, 0.1) is 19.7 Å². The van der Waals surface area contributed by atoms with E-state index >= 15 is 0 Å². The van der Waals surface area contributed by atoms with Gasteiger partial charge in [-0.15, -0.1) is 0 Å². The Morgan fingerprint density at radius 2 is 2.06 bits per heavy atom. The van der Waals surface area contributed by atoms with Crippen molar-refractivity contribution in [2.45, 2.75) is 26.4 Å². The third-order valence-corrected chi connectivity index (χ3v) is 2.86. The van der Waals surface area contributed by atoms with Gasteiger partial charge in [-0.05, 0) is 43.2 Å². The molecule has 0 amide bonds. The van der Waals surface area contributed by atoms with Crippen molar-refractivity contribution in [3.8, 4) is 0 Å². The molecule has 1 aromatic carbocycles. The summed E-state index contributed by atoms with van der Waals surface area (Å²) >= 11 is 0. The van der Waals surface area contributed by atoms with E-state index in [2.05, 4.69) is 9.97 Å². The topological polar surface area (TPSA) is 46.0 Å². The lowest BCUT2D eigenvalue weighted by atomic mass is 10.0. The van der Waals surface area contributed by atoms with Crippen LogP contribution in [0.3, 0.4) is 0 Å². The molecule has 0 saturated carbocycles. The molecule has 0 aliphatic carbocycles. The normalized spacial score (nSPS) is 12.4. The van der Waals surface area contributed by atoms with Crippen LogP contribution in [0.5, 0.6) is 0 Å². The summed E-state index contributed by atoms with van der Waals surface area (Å²) in [7, 11) is 0. The van der Waals surface area contributed by atoms with Crippen LogP contribution in [0.2, 0.25) is 0 Å². The zero-order valence-electron chi connectivity index (χ0n) is 10.4. The summed E-state index contributed by atoms with van der Waals surface area (Å²) in [5, 5.41) is 10.1. The van der Waals surface area contributed by atoms with Crippen molar-refractivity contribution < 1.29 is 9.50 Å². The Balaban J connectivity index is 2.18. The number of hydrogen-bond acceptors (Lipinski definition) is 3. The summed E-state index contributed by atoms with van der Waals surface area (Å²) < 4.78 is 13.0. The van der Waals surface area contributed by atoms with Crippen LogP contribution in [0.25, 0.3) is 0 Å². The molecule has 1 N–H and O–H groups in total. The van der Waals surface area contributed by atoms with E-state index in [0.717, 1.165) is 11.1 Å². The molecule has 0 saturated heterocycles. The number of hydrogen-bond donors (Lipinski definition) is 1. The molecule has 2 aromatic rings. The molecule has 2 rings (SSSR count). The fourth-order valence-corrected chi connectivity index (χ4v) is 1.86. The van der Waals surface area contributed by atoms with Gasteiger partial charge in [-0.1, -0.05) is 6.07 Å². The number of benzene rings is 1. The van der Waals surface area contributed by atoms with Crippen molar-refractivity contribution in [2.75, 3.05) is 0 Å². The lowest BCUT2D eigenvalue weighted by Gasteiger charge is -2.12. The molecule has 1 atom stereocenters. The highest BCUT2D eigenvalue weighted by atomic mass is 19.1. The molecular formula is C14H15FN2O. The van der Waals surface area contributed by atoms with Gasteiger partial charge in [0.15, 0.2) is 0 Å². The predicted octanol–water partition coefficient (Wildman–Crippen LogP) is 2.51. The van der Waals surface area contributed by atoms with E-state index in [1.54, 1.807) is 25.3 Å². The van der Waals surface area contributed by atoms with Crippen molar-refractivity contribution in [1.29, 1.82) is 0 Å². The van der Waals surface area contributed by atoms with Gasteiger partial charge in [0.1, 0.15) is 17.7 Å². The maximum absolute atomic E-state index is 13.0. The van der Waals surface area contributed by atoms with Gasteiger partial charge < -0.3 is 5.11 Å². The van der Waals surface area contributed by atoms with Crippen LogP contribution in [0.4, 0.5) is 4.39 Å². The maximum Gasteiger partial charge on any atom is 0.125 e. The van der Waals surface area contributed by atoms with Gasteiger partial charge in [0.2, 0.25) is 0 Å². The minimum atomic E-state index is -0.698. The summed E-state index contributed by atoms with van der Waals surface area (Å²) in [4.78, 5) is 8.17. The molecule has 0 bridgehead atoms. The van der Waals surface area contributed by atoms with E-state index in [1.807, 2.05) is 6.92 Å². The van der Waals surface area contributed by atoms with Crippen LogP contribution in [0.15, 0.2) is 30.5 Å². The van der Waals surface area contributed by atoms with E-state index in [4.69, 9.17) is 0 Å². The second-order valence-electron chi connectivity index (χ2n) is 4.32. The van der Waals surface area contributed by atoms with Gasteiger partial charge in [0.25, 0.3) is 0 Å². The van der Waals surface area contributed by atoms with Crippen LogP contribution in [0.1, 0.15) is 28.7 Å². The quantitative estimate of drug-likeness (QED) is 0.905. The lowest BCUT2D eigenvalue weighted by molar-refractivity contribution is 0.173. The highest BCUT2D eigenvalue weighted by molar-refractivity contribution is 5.28. The largest absolute Gasteiger partial charge is 0.386 e. The molecule has 0 spiro atoms. The second-order valence-corrected chi connectivity index (χ2v) is 4.32. The molecule has 94 valence electrons. The molecule has 0 radical (unpaired) electrons.